The Morgan fingerprint density at radius 1 is 1.06 bits per heavy atom. The van der Waals surface area contributed by atoms with Crippen molar-refractivity contribution < 1.29 is 24.5 Å². The number of halogens is 2. The van der Waals surface area contributed by atoms with Gasteiger partial charge in [0.15, 0.2) is 0 Å². The second-order valence-corrected chi connectivity index (χ2v) is 8.90. The Bertz CT molecular complexity index is 1020. The highest BCUT2D eigenvalue weighted by Crippen LogP contribution is 2.48. The SMILES string of the molecule is COc1ccc2c(c1)[C@@H](C(=O)O)[C@H](c1ccc(Cl)cc1Cl)N([C@H]1CC[C@H](O)CC1)C2=O. The van der Waals surface area contributed by atoms with Gasteiger partial charge in [-0.05, 0) is 67.1 Å². The van der Waals surface area contributed by atoms with Gasteiger partial charge in [-0.3, -0.25) is 9.59 Å². The Labute approximate surface area is 190 Å². The highest BCUT2D eigenvalue weighted by Gasteiger charge is 2.48. The lowest BCUT2D eigenvalue weighted by Crippen LogP contribution is -2.51. The summed E-state index contributed by atoms with van der Waals surface area (Å²) in [5, 5.41) is 21.0. The van der Waals surface area contributed by atoms with Crippen LogP contribution in [0.5, 0.6) is 5.75 Å². The molecular formula is C23H23Cl2NO5. The third-order valence-corrected chi connectivity index (χ3v) is 6.84. The molecule has 1 saturated carbocycles. The van der Waals surface area contributed by atoms with Gasteiger partial charge in [0.2, 0.25) is 0 Å². The van der Waals surface area contributed by atoms with Crippen molar-refractivity contribution in [3.63, 3.8) is 0 Å². The van der Waals surface area contributed by atoms with Gasteiger partial charge in [0, 0.05) is 21.7 Å². The van der Waals surface area contributed by atoms with Crippen molar-refractivity contribution in [1.29, 1.82) is 0 Å². The number of methoxy groups -OCH3 is 1. The van der Waals surface area contributed by atoms with Crippen LogP contribution in [0.25, 0.3) is 0 Å². The number of hydrogen-bond donors (Lipinski definition) is 2. The highest BCUT2D eigenvalue weighted by molar-refractivity contribution is 6.35. The zero-order valence-corrected chi connectivity index (χ0v) is 18.4. The second-order valence-electron chi connectivity index (χ2n) is 8.05. The number of carboxylic acids is 1. The molecule has 6 nitrogen and oxygen atoms in total. The quantitative estimate of drug-likeness (QED) is 0.687. The van der Waals surface area contributed by atoms with E-state index in [2.05, 4.69) is 0 Å². The smallest absolute Gasteiger partial charge is 0.313 e. The summed E-state index contributed by atoms with van der Waals surface area (Å²) < 4.78 is 5.29. The predicted molar refractivity (Wildman–Crippen MR) is 117 cm³/mol. The molecule has 1 aliphatic heterocycles. The van der Waals surface area contributed by atoms with E-state index in [1.807, 2.05) is 0 Å². The molecule has 0 aromatic heterocycles. The lowest BCUT2D eigenvalue weighted by Gasteiger charge is -2.46. The summed E-state index contributed by atoms with van der Waals surface area (Å²) in [5.41, 5.74) is 1.28. The van der Waals surface area contributed by atoms with E-state index in [0.29, 0.717) is 58.2 Å². The number of carboxylic acid groups (broad SMARTS) is 1. The second kappa shape index (κ2) is 8.69. The van der Waals surface area contributed by atoms with Gasteiger partial charge in [0.25, 0.3) is 5.91 Å². The van der Waals surface area contributed by atoms with Gasteiger partial charge in [-0.15, -0.1) is 0 Å². The molecule has 2 atom stereocenters. The maximum atomic E-state index is 13.7. The van der Waals surface area contributed by atoms with Crippen LogP contribution >= 0.6 is 23.2 Å². The summed E-state index contributed by atoms with van der Waals surface area (Å²) in [6, 6.07) is 8.78. The molecule has 4 rings (SSSR count). The molecule has 31 heavy (non-hydrogen) atoms. The van der Waals surface area contributed by atoms with Crippen LogP contribution in [0.3, 0.4) is 0 Å². The molecular weight excluding hydrogens is 441 g/mol. The first-order valence-electron chi connectivity index (χ1n) is 10.2. The minimum absolute atomic E-state index is 0.204. The molecule has 2 N–H and O–H groups in total. The Balaban J connectivity index is 1.92. The lowest BCUT2D eigenvalue weighted by molar-refractivity contribution is -0.141. The topological polar surface area (TPSA) is 87.1 Å². The van der Waals surface area contributed by atoms with E-state index in [-0.39, 0.29) is 11.9 Å². The average Bonchev–Trinajstić information content (AvgIpc) is 2.74. The molecule has 1 fully saturated rings. The summed E-state index contributed by atoms with van der Waals surface area (Å²) >= 11 is 12.6. The van der Waals surface area contributed by atoms with Crippen molar-refractivity contribution in [2.24, 2.45) is 0 Å². The van der Waals surface area contributed by atoms with Crippen LogP contribution in [0, 0.1) is 0 Å². The number of aliphatic carboxylic acids is 1. The van der Waals surface area contributed by atoms with E-state index >= 15 is 0 Å². The van der Waals surface area contributed by atoms with E-state index in [1.54, 1.807) is 41.3 Å². The minimum atomic E-state index is -1.06. The maximum absolute atomic E-state index is 13.7. The summed E-state index contributed by atoms with van der Waals surface area (Å²) in [7, 11) is 1.50. The Kier molecular flexibility index (Phi) is 6.15. The van der Waals surface area contributed by atoms with Crippen LogP contribution in [0.15, 0.2) is 36.4 Å². The van der Waals surface area contributed by atoms with Crippen LogP contribution in [0.4, 0.5) is 0 Å². The van der Waals surface area contributed by atoms with Crippen molar-refractivity contribution >= 4 is 35.1 Å². The molecule has 1 heterocycles. The van der Waals surface area contributed by atoms with Gasteiger partial charge in [-0.25, -0.2) is 0 Å². The number of carbonyl (C=O) groups is 2. The van der Waals surface area contributed by atoms with Crippen LogP contribution in [0.1, 0.15) is 59.1 Å². The van der Waals surface area contributed by atoms with Gasteiger partial charge in [-0.1, -0.05) is 29.3 Å². The highest BCUT2D eigenvalue weighted by atomic mass is 35.5. The number of ether oxygens (including phenoxy) is 1. The van der Waals surface area contributed by atoms with E-state index < -0.39 is 24.0 Å². The van der Waals surface area contributed by atoms with Crippen molar-refractivity contribution in [1.82, 2.24) is 4.90 Å². The molecule has 0 bridgehead atoms. The predicted octanol–water partition coefficient (Wildman–Crippen LogP) is 4.67. The van der Waals surface area contributed by atoms with E-state index in [1.165, 1.54) is 7.11 Å². The number of hydrogen-bond acceptors (Lipinski definition) is 4. The van der Waals surface area contributed by atoms with Gasteiger partial charge in [0.1, 0.15) is 11.7 Å². The molecule has 1 amide bonds. The fourth-order valence-electron chi connectivity index (χ4n) is 4.78. The van der Waals surface area contributed by atoms with Gasteiger partial charge in [-0.2, -0.15) is 0 Å². The number of amides is 1. The fraction of sp³-hybridized carbons (Fsp3) is 0.391. The summed E-state index contributed by atoms with van der Waals surface area (Å²) in [6.45, 7) is 0. The molecule has 1 aliphatic carbocycles. The number of fused-ring (bicyclic) bond motifs is 1. The zero-order valence-electron chi connectivity index (χ0n) is 16.9. The molecule has 0 saturated heterocycles. The Hall–Kier alpha value is -2.28. The molecule has 0 unspecified atom stereocenters. The third kappa shape index (κ3) is 4.00. The molecule has 2 aliphatic rings. The number of aliphatic hydroxyl groups is 1. The molecule has 0 radical (unpaired) electrons. The number of carbonyl (C=O) groups excluding carboxylic acids is 1. The average molecular weight is 464 g/mol. The number of nitrogens with zero attached hydrogens (tertiary/aromatic N) is 1. The maximum Gasteiger partial charge on any atom is 0.313 e. The van der Waals surface area contributed by atoms with E-state index in [4.69, 9.17) is 27.9 Å². The van der Waals surface area contributed by atoms with Crippen molar-refractivity contribution in [2.75, 3.05) is 7.11 Å². The molecule has 164 valence electrons. The van der Waals surface area contributed by atoms with Gasteiger partial charge >= 0.3 is 5.97 Å². The van der Waals surface area contributed by atoms with Crippen LogP contribution in [-0.4, -0.2) is 46.2 Å². The first-order valence-corrected chi connectivity index (χ1v) is 10.9. The Morgan fingerprint density at radius 3 is 2.39 bits per heavy atom. The van der Waals surface area contributed by atoms with Crippen molar-refractivity contribution in [3.05, 3.63) is 63.1 Å². The zero-order chi connectivity index (χ0) is 22.3. The monoisotopic (exact) mass is 463 g/mol. The largest absolute Gasteiger partial charge is 0.497 e. The lowest BCUT2D eigenvalue weighted by atomic mass is 9.77. The fourth-order valence-corrected chi connectivity index (χ4v) is 5.30. The summed E-state index contributed by atoms with van der Waals surface area (Å²) in [5.74, 6) is -1.85. The molecule has 2 aromatic carbocycles. The van der Waals surface area contributed by atoms with Crippen LogP contribution in [0.2, 0.25) is 10.0 Å². The molecule has 2 aromatic rings. The van der Waals surface area contributed by atoms with Gasteiger partial charge < -0.3 is 19.8 Å². The number of benzene rings is 2. The van der Waals surface area contributed by atoms with E-state index in [9.17, 15) is 19.8 Å². The van der Waals surface area contributed by atoms with Gasteiger partial charge in [0.05, 0.1) is 19.3 Å². The normalized spacial score (nSPS) is 25.8. The minimum Gasteiger partial charge on any atom is -0.497 e. The number of aliphatic hydroxyl groups excluding tert-OH is 1. The van der Waals surface area contributed by atoms with Crippen molar-refractivity contribution in [2.45, 2.75) is 49.8 Å². The summed E-state index contributed by atoms with van der Waals surface area (Å²) in [4.78, 5) is 27.9. The number of rotatable bonds is 4. The van der Waals surface area contributed by atoms with E-state index in [0.717, 1.165) is 0 Å². The molecule has 0 spiro atoms. The third-order valence-electron chi connectivity index (χ3n) is 6.28. The Morgan fingerprint density at radius 2 is 1.77 bits per heavy atom. The van der Waals surface area contributed by atoms with Crippen LogP contribution in [-0.2, 0) is 4.79 Å². The standard InChI is InChI=1S/C23H23Cl2NO5/c1-31-15-7-9-16-18(11-15)20(23(29)30)21(17-8-2-12(24)10-19(17)25)26(22(16)28)13-3-5-14(27)6-4-13/h2,7-11,13-14,20-21,27H,3-6H2,1H3,(H,29,30)/t13-,14-,20-,21+/m1/s1. The first-order chi connectivity index (χ1) is 14.8. The van der Waals surface area contributed by atoms with Crippen molar-refractivity contribution in [3.8, 4) is 5.75 Å². The molecule has 8 heteroatoms. The summed E-state index contributed by atoms with van der Waals surface area (Å²) in [6.07, 6.45) is 1.89. The van der Waals surface area contributed by atoms with Crippen LogP contribution < -0.4 is 4.74 Å². The first kappa shape index (κ1) is 21.9.